The van der Waals surface area contributed by atoms with Crippen molar-refractivity contribution >= 4 is 32.9 Å². The average molecular weight is 346 g/mol. The quantitative estimate of drug-likeness (QED) is 0.654. The van der Waals surface area contributed by atoms with E-state index in [1.54, 1.807) is 7.11 Å². The number of methoxy groups -OCH3 is 1. The first-order valence-electron chi connectivity index (χ1n) is 7.81. The Kier molecular flexibility index (Phi) is 4.92. The number of pyridine rings is 1. The fourth-order valence-electron chi connectivity index (χ4n) is 3.35. The molecule has 24 heavy (non-hydrogen) atoms. The molecule has 1 aliphatic carbocycles. The molecule has 7 nitrogen and oxygen atoms in total. The van der Waals surface area contributed by atoms with E-state index < -0.39 is 4.92 Å². The molecule has 2 aromatic heterocycles. The van der Waals surface area contributed by atoms with Crippen LogP contribution in [0, 0.1) is 27.4 Å². The van der Waals surface area contributed by atoms with Gasteiger partial charge in [-0.05, 0) is 36.6 Å². The summed E-state index contributed by atoms with van der Waals surface area (Å²) in [6.07, 6.45) is 4.25. The van der Waals surface area contributed by atoms with Gasteiger partial charge in [0.25, 0.3) is 0 Å². The lowest BCUT2D eigenvalue weighted by molar-refractivity contribution is -0.384. The maximum atomic E-state index is 11.4. The second-order valence-electron chi connectivity index (χ2n) is 5.96. The van der Waals surface area contributed by atoms with Crippen LogP contribution in [0.4, 0.5) is 11.4 Å². The van der Waals surface area contributed by atoms with Gasteiger partial charge in [-0.1, -0.05) is 0 Å². The van der Waals surface area contributed by atoms with Crippen LogP contribution in [0.3, 0.4) is 0 Å². The van der Waals surface area contributed by atoms with E-state index in [1.807, 2.05) is 11.4 Å². The summed E-state index contributed by atoms with van der Waals surface area (Å²) in [7, 11) is 1.66. The Morgan fingerprint density at radius 3 is 3.12 bits per heavy atom. The van der Waals surface area contributed by atoms with Gasteiger partial charge in [0.15, 0.2) is 0 Å². The van der Waals surface area contributed by atoms with Gasteiger partial charge in [0, 0.05) is 19.6 Å². The van der Waals surface area contributed by atoms with E-state index in [0.29, 0.717) is 12.1 Å². The topological polar surface area (TPSA) is 101 Å². The van der Waals surface area contributed by atoms with Crippen molar-refractivity contribution in [1.29, 1.82) is 5.26 Å². The van der Waals surface area contributed by atoms with Crippen molar-refractivity contribution in [1.82, 2.24) is 4.98 Å². The number of hydrogen-bond acceptors (Lipinski definition) is 7. The van der Waals surface area contributed by atoms with Crippen LogP contribution in [-0.4, -0.2) is 29.2 Å². The lowest BCUT2D eigenvalue weighted by Crippen LogP contribution is -2.37. The number of aromatic nitrogens is 1. The molecule has 2 heterocycles. The molecule has 0 radical (unpaired) electrons. The number of ether oxygens (including phenoxy) is 1. The predicted octanol–water partition coefficient (Wildman–Crippen LogP) is 3.71. The Morgan fingerprint density at radius 1 is 1.58 bits per heavy atom. The summed E-state index contributed by atoms with van der Waals surface area (Å²) in [6.45, 7) is 0. The van der Waals surface area contributed by atoms with E-state index in [9.17, 15) is 10.1 Å². The van der Waals surface area contributed by atoms with Gasteiger partial charge >= 0.3 is 5.69 Å². The largest absolute Gasteiger partial charge is 0.381 e. The Balaban J connectivity index is 1.85. The highest BCUT2D eigenvalue weighted by molar-refractivity contribution is 7.17. The van der Waals surface area contributed by atoms with Crippen LogP contribution < -0.4 is 5.32 Å². The van der Waals surface area contributed by atoms with E-state index in [-0.39, 0.29) is 23.8 Å². The number of thiophene rings is 1. The third kappa shape index (κ3) is 3.18. The summed E-state index contributed by atoms with van der Waals surface area (Å²) in [5, 5.41) is 25.5. The molecule has 0 amide bonds. The van der Waals surface area contributed by atoms with Crippen LogP contribution in [0.25, 0.3) is 10.2 Å². The molecule has 0 spiro atoms. The molecular weight excluding hydrogens is 328 g/mol. The lowest BCUT2D eigenvalue weighted by Gasteiger charge is -2.35. The number of nitrogens with zero attached hydrogens (tertiary/aromatic N) is 3. The molecule has 3 atom stereocenters. The highest BCUT2D eigenvalue weighted by atomic mass is 32.1. The number of nitriles is 1. The Morgan fingerprint density at radius 2 is 2.42 bits per heavy atom. The van der Waals surface area contributed by atoms with Crippen LogP contribution in [0.5, 0.6) is 0 Å². The van der Waals surface area contributed by atoms with Crippen molar-refractivity contribution in [3.8, 4) is 6.07 Å². The molecule has 0 aliphatic heterocycles. The fourth-order valence-corrected chi connectivity index (χ4v) is 4.20. The van der Waals surface area contributed by atoms with Gasteiger partial charge in [-0.3, -0.25) is 10.1 Å². The average Bonchev–Trinajstić information content (AvgIpc) is 3.05. The highest BCUT2D eigenvalue weighted by Crippen LogP contribution is 2.38. The summed E-state index contributed by atoms with van der Waals surface area (Å²) < 4.78 is 6.34. The van der Waals surface area contributed by atoms with E-state index in [1.165, 1.54) is 17.5 Å². The van der Waals surface area contributed by atoms with E-state index in [2.05, 4.69) is 16.4 Å². The Labute approximate surface area is 143 Å². The Bertz CT molecular complexity index is 785. The van der Waals surface area contributed by atoms with Gasteiger partial charge < -0.3 is 10.1 Å². The third-order valence-electron chi connectivity index (χ3n) is 4.58. The van der Waals surface area contributed by atoms with Crippen molar-refractivity contribution in [2.45, 2.75) is 37.8 Å². The van der Waals surface area contributed by atoms with Crippen molar-refractivity contribution < 1.29 is 9.66 Å². The van der Waals surface area contributed by atoms with Gasteiger partial charge in [-0.25, -0.2) is 4.98 Å². The molecule has 1 fully saturated rings. The van der Waals surface area contributed by atoms with Gasteiger partial charge in [0.05, 0.1) is 27.3 Å². The first-order chi connectivity index (χ1) is 11.6. The minimum atomic E-state index is -0.399. The zero-order chi connectivity index (χ0) is 17.1. The van der Waals surface area contributed by atoms with Gasteiger partial charge in [-0.15, -0.1) is 11.3 Å². The number of nitrogens with one attached hydrogen (secondary N) is 1. The van der Waals surface area contributed by atoms with Crippen molar-refractivity contribution in [3.05, 3.63) is 27.8 Å². The molecule has 3 rings (SSSR count). The summed E-state index contributed by atoms with van der Waals surface area (Å²) in [5.41, 5.74) is 1.30. The number of fused-ring (bicyclic) bond motifs is 1. The van der Waals surface area contributed by atoms with Crippen molar-refractivity contribution in [3.63, 3.8) is 0 Å². The van der Waals surface area contributed by atoms with Gasteiger partial charge in [0.2, 0.25) is 0 Å². The summed E-state index contributed by atoms with van der Waals surface area (Å²) >= 11 is 1.45. The van der Waals surface area contributed by atoms with Crippen LogP contribution >= 0.6 is 11.3 Å². The summed E-state index contributed by atoms with van der Waals surface area (Å²) in [6, 6.07) is 4.15. The standard InChI is InChI=1S/C16H18N4O3S/c1-23-14-8-11(3-2-10(14)4-6-17)19-15-13(20(21)22)9-18-12-5-7-24-16(12)15/h5,7,9-11,14H,2-4,8H2,1H3,(H,18,19)/t10-,11+,14-/m1/s1. The van der Waals surface area contributed by atoms with Crippen LogP contribution in [0.1, 0.15) is 25.7 Å². The minimum Gasteiger partial charge on any atom is -0.381 e. The Hall–Kier alpha value is -2.24. The van der Waals surface area contributed by atoms with Crippen LogP contribution in [0.2, 0.25) is 0 Å². The third-order valence-corrected chi connectivity index (χ3v) is 5.50. The molecule has 0 bridgehead atoms. The molecule has 1 aliphatic rings. The molecular formula is C16H18N4O3S. The van der Waals surface area contributed by atoms with Crippen LogP contribution in [0.15, 0.2) is 17.6 Å². The van der Waals surface area contributed by atoms with Crippen LogP contribution in [-0.2, 0) is 4.74 Å². The minimum absolute atomic E-state index is 0.00179. The zero-order valence-corrected chi connectivity index (χ0v) is 14.1. The SMILES string of the molecule is CO[C@@H]1C[C@@H](Nc2c([N+](=O)[O-])cnc3ccsc23)CC[C@@H]1CC#N. The highest BCUT2D eigenvalue weighted by Gasteiger charge is 2.32. The number of hydrogen-bond donors (Lipinski definition) is 1. The molecule has 1 saturated carbocycles. The molecule has 0 aromatic carbocycles. The smallest absolute Gasteiger partial charge is 0.311 e. The second kappa shape index (κ2) is 7.11. The maximum Gasteiger partial charge on any atom is 0.311 e. The molecule has 0 saturated heterocycles. The molecule has 0 unspecified atom stereocenters. The number of rotatable bonds is 5. The predicted molar refractivity (Wildman–Crippen MR) is 92.1 cm³/mol. The van der Waals surface area contributed by atoms with Crippen molar-refractivity contribution in [2.24, 2.45) is 5.92 Å². The van der Waals surface area contributed by atoms with Gasteiger partial charge in [-0.2, -0.15) is 5.26 Å². The molecule has 8 heteroatoms. The van der Waals surface area contributed by atoms with Crippen molar-refractivity contribution in [2.75, 3.05) is 12.4 Å². The fraction of sp³-hybridized carbons (Fsp3) is 0.500. The van der Waals surface area contributed by atoms with E-state index in [0.717, 1.165) is 29.5 Å². The number of nitro groups is 1. The summed E-state index contributed by atoms with van der Waals surface area (Å²) in [4.78, 5) is 15.1. The zero-order valence-electron chi connectivity index (χ0n) is 13.3. The normalized spacial score (nSPS) is 23.8. The van der Waals surface area contributed by atoms with E-state index in [4.69, 9.17) is 10.00 Å². The molecule has 1 N–H and O–H groups in total. The second-order valence-corrected chi connectivity index (χ2v) is 6.88. The maximum absolute atomic E-state index is 11.4. The number of anilines is 1. The lowest BCUT2D eigenvalue weighted by atomic mass is 9.81. The monoisotopic (exact) mass is 346 g/mol. The first-order valence-corrected chi connectivity index (χ1v) is 8.69. The first kappa shape index (κ1) is 16.6. The summed E-state index contributed by atoms with van der Waals surface area (Å²) in [5.74, 6) is 0.229. The van der Waals surface area contributed by atoms with E-state index >= 15 is 0 Å². The molecule has 2 aromatic rings. The molecule has 126 valence electrons. The van der Waals surface area contributed by atoms with Gasteiger partial charge in [0.1, 0.15) is 11.9 Å².